The van der Waals surface area contributed by atoms with Crippen molar-refractivity contribution >= 4 is 40.1 Å². The highest BCUT2D eigenvalue weighted by Crippen LogP contribution is 2.27. The summed E-state index contributed by atoms with van der Waals surface area (Å²) >= 11 is 0. The van der Waals surface area contributed by atoms with Crippen molar-refractivity contribution < 1.29 is 39.5 Å². The Morgan fingerprint density at radius 1 is 0.800 bits per heavy atom. The number of hydrogen-bond donors (Lipinski definition) is 5. The van der Waals surface area contributed by atoms with E-state index in [9.17, 15) is 29.1 Å². The number of rotatable bonds is 5. The number of amides is 2. The van der Waals surface area contributed by atoms with Crippen LogP contribution in [0.1, 0.15) is 31.1 Å². The molecule has 10 heteroatoms. The monoisotopic (exact) mass is 346 g/mol. The van der Waals surface area contributed by atoms with Crippen LogP contribution in [0, 0.1) is 0 Å². The van der Waals surface area contributed by atoms with Crippen LogP contribution >= 0.6 is 0 Å². The molecule has 0 aliphatic rings. The van der Waals surface area contributed by atoms with Gasteiger partial charge in [0.15, 0.2) is 0 Å². The predicted molar refractivity (Wildman–Crippen MR) is 79.4 cm³/mol. The van der Waals surface area contributed by atoms with E-state index in [1.807, 2.05) is 0 Å². The third kappa shape index (κ3) is 3.06. The van der Waals surface area contributed by atoms with Gasteiger partial charge in [-0.05, 0) is 16.8 Å². The predicted octanol–water partition coefficient (Wildman–Crippen LogP) is -0.0858. The lowest BCUT2D eigenvalue weighted by molar-refractivity contribution is -0.125. The topological polar surface area (TPSA) is 170 Å². The van der Waals surface area contributed by atoms with Crippen LogP contribution in [0.5, 0.6) is 0 Å². The summed E-state index contributed by atoms with van der Waals surface area (Å²) in [5.41, 5.74) is -0.156. The molecule has 2 aromatic carbocycles. The van der Waals surface area contributed by atoms with E-state index in [-0.39, 0.29) is 10.8 Å². The first kappa shape index (κ1) is 17.7. The summed E-state index contributed by atoms with van der Waals surface area (Å²) in [7, 11) is 0. The highest BCUT2D eigenvalue weighted by atomic mass is 16.5. The van der Waals surface area contributed by atoms with Crippen LogP contribution < -0.4 is 11.0 Å². The van der Waals surface area contributed by atoms with Gasteiger partial charge in [0, 0.05) is 5.56 Å². The van der Waals surface area contributed by atoms with Gasteiger partial charge in [-0.2, -0.15) is 0 Å². The summed E-state index contributed by atoms with van der Waals surface area (Å²) in [6.07, 6.45) is 0. The summed E-state index contributed by atoms with van der Waals surface area (Å²) in [6.45, 7) is 0. The zero-order chi connectivity index (χ0) is 18.7. The van der Waals surface area contributed by atoms with Gasteiger partial charge >= 0.3 is 17.8 Å². The second kappa shape index (κ2) is 6.86. The molecular weight excluding hydrogens is 336 g/mol. The largest absolute Gasteiger partial charge is 0.478 e. The van der Waals surface area contributed by atoms with E-state index in [0.29, 0.717) is 0 Å². The number of fused-ring (bicyclic) bond motifs is 1. The average Bonchev–Trinajstić information content (AvgIpc) is 2.63. The first-order chi connectivity index (χ1) is 11.8. The molecule has 2 aromatic rings. The average molecular weight is 346 g/mol. The minimum absolute atomic E-state index is 0.00943. The fourth-order valence-electron chi connectivity index (χ4n) is 2.32. The number of Topliss-reactive ketones (excluding diaryl/α,β-unsaturated/α-hetero) is 2. The lowest BCUT2D eigenvalue weighted by atomic mass is 9.89. The molecule has 0 unspecified atom stereocenters. The number of nitrogens with one attached hydrogen (secondary N) is 2. The van der Waals surface area contributed by atoms with E-state index in [2.05, 4.69) is 0 Å². The number of carboxylic acid groups (broad SMARTS) is 1. The molecule has 0 atom stereocenters. The highest BCUT2D eigenvalue weighted by Gasteiger charge is 2.32. The van der Waals surface area contributed by atoms with Crippen LogP contribution in [0.4, 0.5) is 0 Å². The van der Waals surface area contributed by atoms with Gasteiger partial charge in [-0.3, -0.25) is 29.6 Å². The maximum Gasteiger partial charge on any atom is 0.336 e. The summed E-state index contributed by atoms with van der Waals surface area (Å²) in [5.74, 6) is -7.75. The van der Waals surface area contributed by atoms with E-state index in [0.717, 1.165) is 17.0 Å². The Hall–Kier alpha value is -3.63. The summed E-state index contributed by atoms with van der Waals surface area (Å²) in [4.78, 5) is 59.0. The molecular formula is C15H10N2O8. The van der Waals surface area contributed by atoms with Crippen LogP contribution in [0.2, 0.25) is 0 Å². The SMILES string of the molecule is O=C(NO)C(=O)c1c(C(=O)O)cc2ccccc2c1C(=O)C(=O)NO. The Balaban J connectivity index is 2.99. The molecule has 0 heterocycles. The number of carboxylic acids is 1. The maximum atomic E-state index is 12.3. The zero-order valence-corrected chi connectivity index (χ0v) is 12.3. The number of ketones is 2. The molecule has 0 saturated carbocycles. The lowest BCUT2D eigenvalue weighted by Gasteiger charge is -2.13. The van der Waals surface area contributed by atoms with Gasteiger partial charge < -0.3 is 5.11 Å². The van der Waals surface area contributed by atoms with Crippen molar-refractivity contribution in [3.63, 3.8) is 0 Å². The minimum Gasteiger partial charge on any atom is -0.478 e. The molecule has 0 saturated heterocycles. The molecule has 2 amide bonds. The van der Waals surface area contributed by atoms with Crippen molar-refractivity contribution in [3.8, 4) is 0 Å². The fraction of sp³-hybridized carbons (Fsp3) is 0. The molecule has 0 fully saturated rings. The molecule has 2 rings (SSSR count). The number of aromatic carboxylic acids is 1. The quantitative estimate of drug-likeness (QED) is 0.216. The minimum atomic E-state index is -1.64. The molecule has 10 nitrogen and oxygen atoms in total. The molecule has 0 spiro atoms. The van der Waals surface area contributed by atoms with Crippen LogP contribution in [0.25, 0.3) is 10.8 Å². The summed E-state index contributed by atoms with van der Waals surface area (Å²) < 4.78 is 0. The van der Waals surface area contributed by atoms with Gasteiger partial charge in [0.05, 0.1) is 11.1 Å². The Labute approximate surface area is 138 Å². The Bertz CT molecular complexity index is 935. The van der Waals surface area contributed by atoms with Crippen LogP contribution in [-0.2, 0) is 9.59 Å². The number of hydroxylamine groups is 2. The molecule has 5 N–H and O–H groups in total. The van der Waals surface area contributed by atoms with E-state index < -0.39 is 46.0 Å². The second-order valence-electron chi connectivity index (χ2n) is 4.74. The van der Waals surface area contributed by atoms with Crippen molar-refractivity contribution in [1.29, 1.82) is 0 Å². The van der Waals surface area contributed by atoms with Gasteiger partial charge in [0.25, 0.3) is 11.6 Å². The maximum absolute atomic E-state index is 12.3. The molecule has 25 heavy (non-hydrogen) atoms. The van der Waals surface area contributed by atoms with Crippen LogP contribution in [0.3, 0.4) is 0 Å². The van der Waals surface area contributed by atoms with Gasteiger partial charge in [-0.15, -0.1) is 0 Å². The highest BCUT2D eigenvalue weighted by molar-refractivity contribution is 6.51. The summed E-state index contributed by atoms with van der Waals surface area (Å²) in [6, 6.07) is 6.78. The van der Waals surface area contributed by atoms with E-state index in [1.54, 1.807) is 0 Å². The molecule has 0 aromatic heterocycles. The normalized spacial score (nSPS) is 10.2. The van der Waals surface area contributed by atoms with Crippen molar-refractivity contribution in [2.45, 2.75) is 0 Å². The fourth-order valence-corrected chi connectivity index (χ4v) is 2.32. The first-order valence-electron chi connectivity index (χ1n) is 6.60. The standard InChI is InChI=1S/C15H10N2O8/c18-11(13(20)16-24)9-7-4-2-1-3-6(7)5-8(15(22)23)10(9)12(19)14(21)17-25/h1-5,24-25H,(H,16,20)(H,17,21)(H,22,23). The lowest BCUT2D eigenvalue weighted by Crippen LogP contribution is -2.34. The number of carbonyl (C=O) groups is 5. The van der Waals surface area contributed by atoms with E-state index >= 15 is 0 Å². The Kier molecular flexibility index (Phi) is 4.86. The smallest absolute Gasteiger partial charge is 0.336 e. The van der Waals surface area contributed by atoms with E-state index in [4.69, 9.17) is 10.4 Å². The first-order valence-corrected chi connectivity index (χ1v) is 6.60. The van der Waals surface area contributed by atoms with Gasteiger partial charge in [0.1, 0.15) is 0 Å². The number of carbonyl (C=O) groups excluding carboxylic acids is 4. The third-order valence-electron chi connectivity index (χ3n) is 3.35. The molecule has 0 bridgehead atoms. The van der Waals surface area contributed by atoms with Crippen molar-refractivity contribution in [2.75, 3.05) is 0 Å². The summed E-state index contributed by atoms with van der Waals surface area (Å²) in [5, 5.41) is 26.8. The number of hydrogen-bond acceptors (Lipinski definition) is 7. The van der Waals surface area contributed by atoms with Crippen molar-refractivity contribution in [2.24, 2.45) is 0 Å². The number of benzene rings is 2. The molecule has 0 radical (unpaired) electrons. The molecule has 0 aliphatic heterocycles. The molecule has 0 aliphatic carbocycles. The Morgan fingerprint density at radius 2 is 1.32 bits per heavy atom. The van der Waals surface area contributed by atoms with Crippen LogP contribution in [0.15, 0.2) is 30.3 Å². The van der Waals surface area contributed by atoms with Gasteiger partial charge in [0.2, 0.25) is 0 Å². The van der Waals surface area contributed by atoms with Crippen molar-refractivity contribution in [1.82, 2.24) is 11.0 Å². The van der Waals surface area contributed by atoms with Crippen molar-refractivity contribution in [3.05, 3.63) is 47.0 Å². The van der Waals surface area contributed by atoms with Gasteiger partial charge in [-0.25, -0.2) is 15.8 Å². The second-order valence-corrected chi connectivity index (χ2v) is 4.74. The van der Waals surface area contributed by atoms with E-state index in [1.165, 1.54) is 24.3 Å². The molecule has 128 valence electrons. The third-order valence-corrected chi connectivity index (χ3v) is 3.35. The van der Waals surface area contributed by atoms with Gasteiger partial charge in [-0.1, -0.05) is 24.3 Å². The van der Waals surface area contributed by atoms with Crippen LogP contribution in [-0.4, -0.2) is 44.9 Å². The zero-order valence-electron chi connectivity index (χ0n) is 12.3. The Morgan fingerprint density at radius 3 is 1.84 bits per heavy atom.